The Morgan fingerprint density at radius 3 is 1.67 bits per heavy atom. The summed E-state index contributed by atoms with van der Waals surface area (Å²) in [7, 11) is 0. The largest absolute Gasteiger partial charge is 0.343 e. The van der Waals surface area contributed by atoms with Crippen LogP contribution in [0.2, 0.25) is 0 Å². The topological polar surface area (TPSA) is 313 Å². The van der Waals surface area contributed by atoms with Gasteiger partial charge in [-0.25, -0.2) is 0 Å². The minimum Gasteiger partial charge on any atom is -0.343 e. The fraction of sp³-hybridized carbons (Fsp3) is 0.613. The van der Waals surface area contributed by atoms with Crippen LogP contribution in [0.3, 0.4) is 0 Å². The Morgan fingerprint density at radius 2 is 1.08 bits per heavy atom. The first-order chi connectivity index (χ1) is 40.4. The Balaban J connectivity index is 1.12. The molecule has 2 aliphatic carbocycles. The SMILES string of the molecule is CC(C)C[C@@H]1NC(=O)[C@H](CCCN)NC(=O)[C@H](C)NC(=O)C2=CC3=C4CCCC4=C4C=C(S[C@]4(C)[C@@]3(C)S2)C(=O)[C@H]2CCCN2C(=O)[C@H](C)NC(=O)[C@H](CCCN)NC(=O)[C@H](C(C)C)NC(=O)[C@@H]2CCCN2C(=O)[C@@H](Cc2ccccc2)NC1=O. The molecule has 5 aliphatic heterocycles. The number of fused-ring (bicyclic) bond motifs is 5. The number of amides is 9. The third-order valence-electron chi connectivity index (χ3n) is 17.7. The van der Waals surface area contributed by atoms with Gasteiger partial charge in [-0.15, -0.1) is 23.5 Å². The fourth-order valence-corrected chi connectivity index (χ4v) is 16.0. The summed E-state index contributed by atoms with van der Waals surface area (Å²) < 4.78 is -1.46. The molecule has 11 atom stereocenters. The lowest BCUT2D eigenvalue weighted by atomic mass is 9.72. The summed E-state index contributed by atoms with van der Waals surface area (Å²) in [5, 5.41) is 19.9. The van der Waals surface area contributed by atoms with Crippen molar-refractivity contribution in [2.24, 2.45) is 23.3 Å². The molecular weight excluding hydrogens is 1120 g/mol. The number of carbonyl (C=O) groups excluding carboxylic acids is 10. The van der Waals surface area contributed by atoms with Gasteiger partial charge in [0.1, 0.15) is 48.3 Å². The molecule has 4 bridgehead atoms. The summed E-state index contributed by atoms with van der Waals surface area (Å²) in [6.45, 7) is 15.3. The van der Waals surface area contributed by atoms with Crippen molar-refractivity contribution in [3.05, 3.63) is 80.2 Å². The van der Waals surface area contributed by atoms with Gasteiger partial charge in [-0.3, -0.25) is 47.9 Å². The monoisotopic (exact) mass is 1210 g/mol. The number of hydrogen-bond acceptors (Lipinski definition) is 14. The first kappa shape index (κ1) is 64.7. The molecule has 11 N–H and O–H groups in total. The van der Waals surface area contributed by atoms with Crippen LogP contribution in [0.15, 0.2) is 74.6 Å². The molecule has 23 heteroatoms. The quantitative estimate of drug-likeness (QED) is 0.154. The molecule has 0 aromatic heterocycles. The normalized spacial score (nSPS) is 31.4. The zero-order chi connectivity index (χ0) is 61.7. The number of ketones is 1. The summed E-state index contributed by atoms with van der Waals surface area (Å²) in [6, 6.07) is -0.909. The van der Waals surface area contributed by atoms with Crippen LogP contribution >= 0.6 is 23.5 Å². The lowest BCUT2D eigenvalue weighted by Crippen LogP contribution is -2.61. The van der Waals surface area contributed by atoms with Crippen molar-refractivity contribution in [1.82, 2.24) is 47.0 Å². The number of nitrogens with two attached hydrogens (primary N) is 2. The fourth-order valence-electron chi connectivity index (χ4n) is 12.9. The second kappa shape index (κ2) is 27.6. The number of hydrogen-bond donors (Lipinski definition) is 9. The van der Waals surface area contributed by atoms with E-state index < -0.39 is 123 Å². The highest BCUT2D eigenvalue weighted by molar-refractivity contribution is 8.10. The first-order valence-electron chi connectivity index (χ1n) is 30.4. The van der Waals surface area contributed by atoms with Crippen molar-refractivity contribution in [3.63, 3.8) is 0 Å². The highest BCUT2D eigenvalue weighted by atomic mass is 32.2. The molecule has 3 saturated heterocycles. The molecule has 5 heterocycles. The van der Waals surface area contributed by atoms with E-state index in [1.54, 1.807) is 32.9 Å². The molecular formula is C62H87N11O10S2. The van der Waals surface area contributed by atoms with E-state index >= 15 is 0 Å². The minimum absolute atomic E-state index is 0.0322. The molecule has 7 aliphatic rings. The summed E-state index contributed by atoms with van der Waals surface area (Å²) in [5.74, 6) is -6.22. The van der Waals surface area contributed by atoms with Crippen LogP contribution in [0.25, 0.3) is 0 Å². The molecule has 4 fully saturated rings. The maximum atomic E-state index is 14.9. The van der Waals surface area contributed by atoms with Crippen LogP contribution in [-0.2, 0) is 54.4 Å². The third-order valence-corrected chi connectivity index (χ3v) is 21.0. The Morgan fingerprint density at radius 1 is 0.565 bits per heavy atom. The third kappa shape index (κ3) is 13.9. The Labute approximate surface area is 507 Å². The molecule has 9 amide bonds. The Bertz CT molecular complexity index is 2950. The van der Waals surface area contributed by atoms with Crippen molar-refractivity contribution in [2.75, 3.05) is 26.2 Å². The Hall–Kier alpha value is -6.30. The number of rotatable bonds is 11. The molecule has 1 aromatic rings. The number of carbonyl (C=O) groups is 10. The number of thioether (sulfide) groups is 2. The van der Waals surface area contributed by atoms with Crippen molar-refractivity contribution in [2.45, 2.75) is 203 Å². The predicted octanol–water partition coefficient (Wildman–Crippen LogP) is 2.98. The van der Waals surface area contributed by atoms with Gasteiger partial charge in [0.15, 0.2) is 5.78 Å². The van der Waals surface area contributed by atoms with Gasteiger partial charge < -0.3 is 58.5 Å². The van der Waals surface area contributed by atoms with Crippen LogP contribution in [0.5, 0.6) is 0 Å². The summed E-state index contributed by atoms with van der Waals surface area (Å²) >= 11 is 2.82. The standard InChI is InChI=1S/C62H87N11O10S2/c1-33(2)29-44-55(78)70-45(30-37-17-10-9-11-18-37)60(83)73-28-16-24-47(73)56(79)71-50(34(3)4)58(81)68-42(21-13-25-63)53(76)66-36(6)59(82)72-27-15-23-46(72)51(74)48-31-40-38-19-12-20-39(38)41-32-49(85-62(41,8)61(40,7)84-48)57(80)65-35(5)52(75)67-43(22-14-26-64)54(77)69-44/h9-11,17-18,31-36,42-47,50H,12-16,19-30,63-64H2,1-8H3,(H,65,80)(H,66,76)(H,67,75)(H,68,81)(H,69,77)(H,70,78)(H,71,79)/t35-,36-,42-,43-,44-,45+,46+,47-,50-,61-,62-/m0/s1. The van der Waals surface area contributed by atoms with E-state index in [9.17, 15) is 47.9 Å². The van der Waals surface area contributed by atoms with Crippen molar-refractivity contribution < 1.29 is 47.9 Å². The molecule has 1 saturated carbocycles. The van der Waals surface area contributed by atoms with Crippen LogP contribution in [0.1, 0.15) is 138 Å². The summed E-state index contributed by atoms with van der Waals surface area (Å²) in [6.07, 6.45) is 9.07. The Kier molecular flexibility index (Phi) is 21.0. The zero-order valence-electron chi connectivity index (χ0n) is 50.4. The van der Waals surface area contributed by atoms with Crippen molar-refractivity contribution >= 4 is 82.5 Å². The lowest BCUT2D eigenvalue weighted by molar-refractivity contribution is -0.143. The van der Waals surface area contributed by atoms with Crippen LogP contribution in [-0.4, -0.2) is 159 Å². The van der Waals surface area contributed by atoms with Gasteiger partial charge in [0, 0.05) is 19.5 Å². The van der Waals surface area contributed by atoms with Gasteiger partial charge >= 0.3 is 0 Å². The van der Waals surface area contributed by atoms with Gasteiger partial charge in [0.05, 0.1) is 25.3 Å². The molecule has 1 aromatic carbocycles. The van der Waals surface area contributed by atoms with Crippen molar-refractivity contribution in [1.29, 1.82) is 0 Å². The highest BCUT2D eigenvalue weighted by Gasteiger charge is 2.61. The molecule has 0 unspecified atom stereocenters. The molecule has 0 spiro atoms. The second-order valence-electron chi connectivity index (χ2n) is 24.8. The van der Waals surface area contributed by atoms with Crippen LogP contribution < -0.4 is 48.7 Å². The van der Waals surface area contributed by atoms with Gasteiger partial charge in [-0.1, -0.05) is 58.0 Å². The number of nitrogens with zero attached hydrogens (tertiary/aromatic N) is 2. The number of Topliss-reactive ketones (excluding diaryl/α,β-unsaturated/α-hetero) is 1. The lowest BCUT2D eigenvalue weighted by Gasteiger charge is -2.47. The molecule has 0 radical (unpaired) electrons. The van der Waals surface area contributed by atoms with Crippen molar-refractivity contribution in [3.8, 4) is 0 Å². The maximum absolute atomic E-state index is 14.9. The average molecular weight is 1210 g/mol. The average Bonchev–Trinajstić information content (AvgIpc) is 1.56. The van der Waals surface area contributed by atoms with E-state index in [1.807, 2.05) is 44.2 Å². The number of allylic oxidation sites excluding steroid dienone is 4. The number of benzene rings is 1. The van der Waals surface area contributed by atoms with E-state index in [0.717, 1.165) is 41.6 Å². The molecule has 85 heavy (non-hydrogen) atoms. The second-order valence-corrected chi connectivity index (χ2v) is 27.7. The molecule has 462 valence electrons. The summed E-state index contributed by atoms with van der Waals surface area (Å²) in [5.41, 5.74) is 16.8. The van der Waals surface area contributed by atoms with Gasteiger partial charge in [-0.05, 0) is 170 Å². The smallest absolute Gasteiger partial charge is 0.258 e. The van der Waals surface area contributed by atoms with E-state index in [2.05, 4.69) is 51.1 Å². The molecule has 8 rings (SSSR count). The maximum Gasteiger partial charge on any atom is 0.258 e. The van der Waals surface area contributed by atoms with Crippen LogP contribution in [0.4, 0.5) is 0 Å². The van der Waals surface area contributed by atoms with E-state index in [0.29, 0.717) is 47.5 Å². The van der Waals surface area contributed by atoms with E-state index in [-0.39, 0.29) is 70.0 Å². The highest BCUT2D eigenvalue weighted by Crippen LogP contribution is 2.68. The zero-order valence-corrected chi connectivity index (χ0v) is 52.0. The van der Waals surface area contributed by atoms with E-state index in [1.165, 1.54) is 40.2 Å². The first-order valence-corrected chi connectivity index (χ1v) is 32.1. The number of nitrogens with one attached hydrogen (secondary N) is 7. The van der Waals surface area contributed by atoms with Gasteiger partial charge in [-0.2, -0.15) is 0 Å². The van der Waals surface area contributed by atoms with Gasteiger partial charge in [0.25, 0.3) is 5.91 Å². The predicted molar refractivity (Wildman–Crippen MR) is 326 cm³/mol. The van der Waals surface area contributed by atoms with E-state index in [4.69, 9.17) is 11.5 Å². The van der Waals surface area contributed by atoms with Crippen LogP contribution in [0, 0.1) is 11.8 Å². The molecule has 21 nitrogen and oxygen atoms in total. The summed E-state index contributed by atoms with van der Waals surface area (Å²) in [4.78, 5) is 149. The minimum atomic E-state index is -1.21. The van der Waals surface area contributed by atoms with Gasteiger partial charge in [0.2, 0.25) is 47.3 Å².